The maximum Gasteiger partial charge on any atom is 0.0694 e. The Kier molecular flexibility index (Phi) is 10.4. The van der Waals surface area contributed by atoms with Gasteiger partial charge >= 0.3 is 0 Å². The van der Waals surface area contributed by atoms with Gasteiger partial charge in [-0.1, -0.05) is 78.1 Å². The molecule has 0 aliphatic carbocycles. The van der Waals surface area contributed by atoms with Gasteiger partial charge in [0.2, 0.25) is 0 Å². The lowest BCUT2D eigenvalue weighted by Crippen LogP contribution is -2.40. The van der Waals surface area contributed by atoms with Gasteiger partial charge in [-0.3, -0.25) is 0 Å². The normalized spacial score (nSPS) is 26.1. The first-order valence-electron chi connectivity index (χ1n) is 9.54. The summed E-state index contributed by atoms with van der Waals surface area (Å²) in [6, 6.07) is 0. The molecule has 1 rings (SSSR count). The van der Waals surface area contributed by atoms with E-state index >= 15 is 0 Å². The van der Waals surface area contributed by atoms with Crippen LogP contribution in [0.15, 0.2) is 0 Å². The standard InChI is InChI=1S/C19H38O2/c1-3-5-6-7-8-9-10-11-12-13-14-19(20)15-16-21-18(4-2)17-19/h18,20H,3-17H2,1-2H3. The van der Waals surface area contributed by atoms with Gasteiger partial charge in [0.05, 0.1) is 11.7 Å². The summed E-state index contributed by atoms with van der Waals surface area (Å²) in [5.74, 6) is 0. The molecule has 2 nitrogen and oxygen atoms in total. The number of ether oxygens (including phenoxy) is 1. The molecule has 1 saturated heterocycles. The topological polar surface area (TPSA) is 29.5 Å². The molecule has 1 N–H and O–H groups in total. The highest BCUT2D eigenvalue weighted by molar-refractivity contribution is 4.85. The van der Waals surface area contributed by atoms with E-state index in [4.69, 9.17) is 4.74 Å². The Morgan fingerprint density at radius 2 is 1.48 bits per heavy atom. The van der Waals surface area contributed by atoms with Crippen molar-refractivity contribution in [1.82, 2.24) is 0 Å². The van der Waals surface area contributed by atoms with Crippen LogP contribution < -0.4 is 0 Å². The van der Waals surface area contributed by atoms with E-state index in [1.165, 1.54) is 64.2 Å². The minimum atomic E-state index is -0.431. The predicted molar refractivity (Wildman–Crippen MR) is 90.7 cm³/mol. The van der Waals surface area contributed by atoms with Gasteiger partial charge < -0.3 is 9.84 Å². The lowest BCUT2D eigenvalue weighted by molar-refractivity contribution is -0.108. The van der Waals surface area contributed by atoms with Crippen LogP contribution in [-0.2, 0) is 4.74 Å². The van der Waals surface area contributed by atoms with Gasteiger partial charge in [-0.25, -0.2) is 0 Å². The molecule has 1 fully saturated rings. The van der Waals surface area contributed by atoms with Gasteiger partial charge in [0, 0.05) is 13.0 Å². The zero-order valence-corrected chi connectivity index (χ0v) is 14.5. The summed E-state index contributed by atoms with van der Waals surface area (Å²) in [4.78, 5) is 0. The molecule has 0 spiro atoms. The van der Waals surface area contributed by atoms with Crippen LogP contribution in [0, 0.1) is 0 Å². The number of hydrogen-bond donors (Lipinski definition) is 1. The average Bonchev–Trinajstić information content (AvgIpc) is 2.49. The molecule has 0 saturated carbocycles. The molecule has 1 heterocycles. The molecule has 0 aromatic rings. The fraction of sp³-hybridized carbons (Fsp3) is 1.00. The van der Waals surface area contributed by atoms with Crippen molar-refractivity contribution in [3.05, 3.63) is 0 Å². The lowest BCUT2D eigenvalue weighted by atomic mass is 9.85. The summed E-state index contributed by atoms with van der Waals surface area (Å²) in [6.45, 7) is 5.17. The Morgan fingerprint density at radius 1 is 0.905 bits per heavy atom. The summed E-state index contributed by atoms with van der Waals surface area (Å²) >= 11 is 0. The van der Waals surface area contributed by atoms with Gasteiger partial charge in [0.15, 0.2) is 0 Å². The van der Waals surface area contributed by atoms with Crippen molar-refractivity contribution in [3.63, 3.8) is 0 Å². The van der Waals surface area contributed by atoms with Crippen molar-refractivity contribution in [3.8, 4) is 0 Å². The molecule has 2 atom stereocenters. The van der Waals surface area contributed by atoms with Gasteiger partial charge in [-0.05, 0) is 19.3 Å². The molecule has 0 aromatic carbocycles. The second-order valence-electron chi connectivity index (χ2n) is 7.01. The summed E-state index contributed by atoms with van der Waals surface area (Å²) in [5.41, 5.74) is -0.431. The van der Waals surface area contributed by atoms with E-state index in [0.29, 0.717) is 0 Å². The minimum absolute atomic E-state index is 0.284. The van der Waals surface area contributed by atoms with Gasteiger partial charge in [-0.2, -0.15) is 0 Å². The van der Waals surface area contributed by atoms with Crippen molar-refractivity contribution in [2.24, 2.45) is 0 Å². The van der Waals surface area contributed by atoms with Gasteiger partial charge in [0.1, 0.15) is 0 Å². The number of unbranched alkanes of at least 4 members (excludes halogenated alkanes) is 9. The van der Waals surface area contributed by atoms with Crippen LogP contribution in [0.25, 0.3) is 0 Å². The highest BCUT2D eigenvalue weighted by Gasteiger charge is 2.33. The summed E-state index contributed by atoms with van der Waals surface area (Å²) in [7, 11) is 0. The Morgan fingerprint density at radius 3 is 2.05 bits per heavy atom. The van der Waals surface area contributed by atoms with Gasteiger partial charge in [-0.15, -0.1) is 0 Å². The molecular weight excluding hydrogens is 260 g/mol. The molecule has 2 unspecified atom stereocenters. The van der Waals surface area contributed by atoms with E-state index in [9.17, 15) is 5.11 Å². The molecular formula is C19H38O2. The number of hydrogen-bond acceptors (Lipinski definition) is 2. The predicted octanol–water partition coefficient (Wildman–Crippen LogP) is 5.62. The largest absolute Gasteiger partial charge is 0.390 e. The lowest BCUT2D eigenvalue weighted by Gasteiger charge is -2.36. The smallest absolute Gasteiger partial charge is 0.0694 e. The van der Waals surface area contributed by atoms with E-state index in [1.807, 2.05) is 0 Å². The molecule has 1 aliphatic rings. The van der Waals surface area contributed by atoms with E-state index in [2.05, 4.69) is 13.8 Å². The molecule has 2 heteroatoms. The van der Waals surface area contributed by atoms with Crippen molar-refractivity contribution < 1.29 is 9.84 Å². The second-order valence-corrected chi connectivity index (χ2v) is 7.01. The molecule has 21 heavy (non-hydrogen) atoms. The number of aliphatic hydroxyl groups is 1. The molecule has 126 valence electrons. The maximum absolute atomic E-state index is 10.6. The van der Waals surface area contributed by atoms with Crippen molar-refractivity contribution in [2.45, 2.75) is 115 Å². The zero-order chi connectivity index (χ0) is 15.4. The highest BCUT2D eigenvalue weighted by Crippen LogP contribution is 2.31. The van der Waals surface area contributed by atoms with Crippen molar-refractivity contribution >= 4 is 0 Å². The van der Waals surface area contributed by atoms with E-state index in [0.717, 1.165) is 32.3 Å². The molecule has 0 radical (unpaired) electrons. The fourth-order valence-corrected chi connectivity index (χ4v) is 3.43. The Labute approximate surface area is 132 Å². The van der Waals surface area contributed by atoms with Crippen LogP contribution in [0.5, 0.6) is 0 Å². The summed E-state index contributed by atoms with van der Waals surface area (Å²) in [5, 5.41) is 10.6. The first kappa shape index (κ1) is 19.0. The van der Waals surface area contributed by atoms with Crippen molar-refractivity contribution in [2.75, 3.05) is 6.61 Å². The zero-order valence-electron chi connectivity index (χ0n) is 14.5. The third kappa shape index (κ3) is 8.83. The van der Waals surface area contributed by atoms with E-state index < -0.39 is 5.60 Å². The van der Waals surface area contributed by atoms with Crippen LogP contribution in [-0.4, -0.2) is 23.4 Å². The minimum Gasteiger partial charge on any atom is -0.390 e. The molecule has 0 amide bonds. The molecule has 1 aliphatic heterocycles. The Bertz CT molecular complexity index is 242. The van der Waals surface area contributed by atoms with E-state index in [-0.39, 0.29) is 6.10 Å². The van der Waals surface area contributed by atoms with E-state index in [1.54, 1.807) is 0 Å². The monoisotopic (exact) mass is 298 g/mol. The first-order chi connectivity index (χ1) is 10.2. The third-order valence-electron chi connectivity index (χ3n) is 4.98. The first-order valence-corrected chi connectivity index (χ1v) is 9.54. The molecule has 0 bridgehead atoms. The third-order valence-corrected chi connectivity index (χ3v) is 4.98. The average molecular weight is 299 g/mol. The van der Waals surface area contributed by atoms with Crippen LogP contribution >= 0.6 is 0 Å². The quantitative estimate of drug-likeness (QED) is 0.474. The van der Waals surface area contributed by atoms with Gasteiger partial charge in [0.25, 0.3) is 0 Å². The SMILES string of the molecule is CCCCCCCCCCCCC1(O)CCOC(CC)C1. The van der Waals surface area contributed by atoms with Crippen LogP contribution in [0.3, 0.4) is 0 Å². The second kappa shape index (κ2) is 11.5. The molecule has 0 aromatic heterocycles. The Balaban J connectivity index is 1.93. The van der Waals surface area contributed by atoms with Crippen molar-refractivity contribution in [1.29, 1.82) is 0 Å². The maximum atomic E-state index is 10.6. The van der Waals surface area contributed by atoms with Crippen LogP contribution in [0.4, 0.5) is 0 Å². The summed E-state index contributed by atoms with van der Waals surface area (Å²) < 4.78 is 5.66. The van der Waals surface area contributed by atoms with Crippen LogP contribution in [0.2, 0.25) is 0 Å². The summed E-state index contributed by atoms with van der Waals surface area (Å²) in [6.07, 6.45) is 17.6. The van der Waals surface area contributed by atoms with Crippen LogP contribution in [0.1, 0.15) is 104 Å². The number of rotatable bonds is 12. The highest BCUT2D eigenvalue weighted by atomic mass is 16.5. The Hall–Kier alpha value is -0.0800. The fourth-order valence-electron chi connectivity index (χ4n) is 3.43.